The van der Waals surface area contributed by atoms with Crippen molar-refractivity contribution in [1.29, 1.82) is 0 Å². The number of halogens is 1. The van der Waals surface area contributed by atoms with Gasteiger partial charge in [-0.05, 0) is 20.4 Å². The van der Waals surface area contributed by atoms with Gasteiger partial charge in [0.1, 0.15) is 0 Å². The highest BCUT2D eigenvalue weighted by Gasteiger charge is 2.34. The van der Waals surface area contributed by atoms with Gasteiger partial charge in [0.2, 0.25) is 5.91 Å². The Morgan fingerprint density at radius 3 is 1.92 bits per heavy atom. The number of nitrogens with two attached hydrogens (primary N) is 1. The topological polar surface area (TPSA) is 90.2 Å². The molecule has 0 aromatic carbocycles. The molecule has 1 atom stereocenters. The van der Waals surface area contributed by atoms with Gasteiger partial charge in [0.05, 0.1) is 0 Å². The molecular weight excluding hydrogens is 354 g/mol. The number of likely N-dealkylation sites (N-methyl/N-ethyl adjacent to an activating group) is 1. The fourth-order valence-electron chi connectivity index (χ4n) is 2.86. The summed E-state index contributed by atoms with van der Waals surface area (Å²) in [5.74, 6) is 0.0685. The fraction of sp³-hybridized carbons (Fsp3) is 0.929. The summed E-state index contributed by atoms with van der Waals surface area (Å²) in [6.07, 6.45) is 1.10. The number of nitrogens with zero attached hydrogens (tertiary/aromatic N) is 4. The Balaban J connectivity index is 0.00000288. The molecule has 2 N–H and O–H groups in total. The van der Waals surface area contributed by atoms with E-state index in [9.17, 15) is 13.2 Å². The fourth-order valence-corrected chi connectivity index (χ4v) is 4.44. The predicted octanol–water partition coefficient (Wildman–Crippen LogP) is -0.828. The summed E-state index contributed by atoms with van der Waals surface area (Å²) in [6, 6.07) is 0.0119. The van der Waals surface area contributed by atoms with Gasteiger partial charge in [-0.2, -0.15) is 17.0 Å². The molecule has 0 bridgehead atoms. The molecular formula is C14H30ClN5O3S. The van der Waals surface area contributed by atoms with Gasteiger partial charge in [0.15, 0.2) is 0 Å². The summed E-state index contributed by atoms with van der Waals surface area (Å²) >= 11 is 0. The Bertz CT molecular complexity index is 501. The average Bonchev–Trinajstić information content (AvgIpc) is 2.53. The standard InChI is InChI=1S/C14H29N5O3S.ClH/c1-13(15)3-4-14(20)17-7-11-19(12-8-17)23(21,22)18-9-5-16(2)6-10-18;/h13H,3-12,15H2,1-2H3;1H. The molecule has 0 saturated carbocycles. The molecule has 0 aliphatic carbocycles. The van der Waals surface area contributed by atoms with E-state index >= 15 is 0 Å². The minimum atomic E-state index is -3.40. The van der Waals surface area contributed by atoms with Crippen molar-refractivity contribution in [1.82, 2.24) is 18.4 Å². The molecule has 142 valence electrons. The normalized spacial score (nSPS) is 22.9. The number of hydrogen-bond acceptors (Lipinski definition) is 5. The molecule has 8 nitrogen and oxygen atoms in total. The van der Waals surface area contributed by atoms with Gasteiger partial charge < -0.3 is 15.5 Å². The van der Waals surface area contributed by atoms with E-state index in [2.05, 4.69) is 4.90 Å². The quantitative estimate of drug-likeness (QED) is 0.669. The lowest BCUT2D eigenvalue weighted by atomic mass is 10.2. The maximum absolute atomic E-state index is 12.7. The molecule has 0 aromatic rings. The van der Waals surface area contributed by atoms with Crippen LogP contribution >= 0.6 is 12.4 Å². The van der Waals surface area contributed by atoms with Crippen LogP contribution in [0.15, 0.2) is 0 Å². The summed E-state index contributed by atoms with van der Waals surface area (Å²) in [7, 11) is -1.40. The third kappa shape index (κ3) is 5.53. The van der Waals surface area contributed by atoms with E-state index < -0.39 is 10.2 Å². The summed E-state index contributed by atoms with van der Waals surface area (Å²) < 4.78 is 28.4. The molecule has 2 fully saturated rings. The molecule has 2 aliphatic heterocycles. The van der Waals surface area contributed by atoms with Crippen LogP contribution in [0.5, 0.6) is 0 Å². The SMILES string of the molecule is CC(N)CCC(=O)N1CCN(S(=O)(=O)N2CCN(C)CC2)CC1.Cl. The lowest BCUT2D eigenvalue weighted by Crippen LogP contribution is -2.57. The Morgan fingerprint density at radius 1 is 1.00 bits per heavy atom. The summed E-state index contributed by atoms with van der Waals surface area (Å²) in [4.78, 5) is 16.0. The summed E-state index contributed by atoms with van der Waals surface area (Å²) in [5, 5.41) is 0. The van der Waals surface area contributed by atoms with Crippen LogP contribution in [0, 0.1) is 0 Å². The summed E-state index contributed by atoms with van der Waals surface area (Å²) in [5.41, 5.74) is 5.67. The van der Waals surface area contributed by atoms with E-state index in [-0.39, 0.29) is 24.4 Å². The molecule has 24 heavy (non-hydrogen) atoms. The lowest BCUT2D eigenvalue weighted by Gasteiger charge is -2.39. The van der Waals surface area contributed by atoms with Crippen molar-refractivity contribution in [2.24, 2.45) is 5.73 Å². The molecule has 0 radical (unpaired) electrons. The van der Waals surface area contributed by atoms with Gasteiger partial charge in [0, 0.05) is 64.8 Å². The summed E-state index contributed by atoms with van der Waals surface area (Å²) in [6.45, 7) is 6.14. The second-order valence-corrected chi connectivity index (χ2v) is 8.43. The molecule has 10 heteroatoms. The molecule has 2 aliphatic rings. The zero-order valence-electron chi connectivity index (χ0n) is 14.6. The smallest absolute Gasteiger partial charge is 0.282 e. The van der Waals surface area contributed by atoms with Crippen molar-refractivity contribution in [2.45, 2.75) is 25.8 Å². The number of amides is 1. The van der Waals surface area contributed by atoms with Gasteiger partial charge in [-0.15, -0.1) is 12.4 Å². The first-order valence-corrected chi connectivity index (χ1v) is 9.67. The van der Waals surface area contributed by atoms with E-state index in [0.717, 1.165) is 13.1 Å². The molecule has 0 spiro atoms. The van der Waals surface area contributed by atoms with Crippen molar-refractivity contribution >= 4 is 28.5 Å². The largest absolute Gasteiger partial charge is 0.340 e. The van der Waals surface area contributed by atoms with Gasteiger partial charge in [-0.3, -0.25) is 4.79 Å². The first-order chi connectivity index (χ1) is 10.8. The Morgan fingerprint density at radius 2 is 1.46 bits per heavy atom. The first-order valence-electron chi connectivity index (χ1n) is 8.28. The predicted molar refractivity (Wildman–Crippen MR) is 96.3 cm³/mol. The van der Waals surface area contributed by atoms with Crippen LogP contribution in [0.4, 0.5) is 0 Å². The number of carbonyl (C=O) groups excluding carboxylic acids is 1. The van der Waals surface area contributed by atoms with Crippen molar-refractivity contribution in [3.05, 3.63) is 0 Å². The van der Waals surface area contributed by atoms with Crippen LogP contribution < -0.4 is 5.73 Å². The minimum Gasteiger partial charge on any atom is -0.340 e. The molecule has 0 aromatic heterocycles. The van der Waals surface area contributed by atoms with Crippen LogP contribution in [0.3, 0.4) is 0 Å². The molecule has 2 saturated heterocycles. The molecule has 2 rings (SSSR count). The van der Waals surface area contributed by atoms with Gasteiger partial charge in [-0.25, -0.2) is 0 Å². The van der Waals surface area contributed by atoms with E-state index in [1.165, 1.54) is 4.31 Å². The highest BCUT2D eigenvalue weighted by atomic mass is 35.5. The van der Waals surface area contributed by atoms with Crippen molar-refractivity contribution < 1.29 is 13.2 Å². The van der Waals surface area contributed by atoms with Gasteiger partial charge in [0.25, 0.3) is 10.2 Å². The zero-order valence-corrected chi connectivity index (χ0v) is 16.2. The third-order valence-electron chi connectivity index (χ3n) is 4.52. The molecule has 1 amide bonds. The molecule has 1 unspecified atom stereocenters. The second-order valence-electron chi connectivity index (χ2n) is 6.51. The van der Waals surface area contributed by atoms with Gasteiger partial charge in [-0.1, -0.05) is 0 Å². The maximum atomic E-state index is 12.7. The Hall–Kier alpha value is -0.450. The third-order valence-corrected chi connectivity index (χ3v) is 6.56. The van der Waals surface area contributed by atoms with Crippen molar-refractivity contribution in [3.63, 3.8) is 0 Å². The lowest BCUT2D eigenvalue weighted by molar-refractivity contribution is -0.132. The van der Waals surface area contributed by atoms with E-state index in [0.29, 0.717) is 52.1 Å². The Labute approximate surface area is 151 Å². The van der Waals surface area contributed by atoms with Crippen LogP contribution in [0.1, 0.15) is 19.8 Å². The van der Waals surface area contributed by atoms with Gasteiger partial charge >= 0.3 is 0 Å². The highest BCUT2D eigenvalue weighted by Crippen LogP contribution is 2.15. The average molecular weight is 384 g/mol. The minimum absolute atomic E-state index is 0. The molecule has 2 heterocycles. The van der Waals surface area contributed by atoms with E-state index in [4.69, 9.17) is 5.73 Å². The second kappa shape index (κ2) is 9.30. The first kappa shape index (κ1) is 21.6. The monoisotopic (exact) mass is 383 g/mol. The van der Waals surface area contributed by atoms with Crippen LogP contribution in [0.2, 0.25) is 0 Å². The van der Waals surface area contributed by atoms with Crippen molar-refractivity contribution in [2.75, 3.05) is 59.4 Å². The Kier molecular flexibility index (Phi) is 8.37. The van der Waals surface area contributed by atoms with Crippen LogP contribution in [0.25, 0.3) is 0 Å². The number of hydrogen-bond donors (Lipinski definition) is 1. The number of carbonyl (C=O) groups is 1. The van der Waals surface area contributed by atoms with E-state index in [1.54, 1.807) is 9.21 Å². The maximum Gasteiger partial charge on any atom is 0.282 e. The van der Waals surface area contributed by atoms with Crippen LogP contribution in [-0.2, 0) is 15.0 Å². The van der Waals surface area contributed by atoms with Crippen LogP contribution in [-0.4, -0.2) is 98.2 Å². The van der Waals surface area contributed by atoms with E-state index in [1.807, 2.05) is 14.0 Å². The highest BCUT2D eigenvalue weighted by molar-refractivity contribution is 7.86. The van der Waals surface area contributed by atoms with Crippen molar-refractivity contribution in [3.8, 4) is 0 Å². The number of rotatable bonds is 5. The number of piperazine rings is 2. The zero-order chi connectivity index (χ0) is 17.0.